The number of aryl methyl sites for hydroxylation is 1. The van der Waals surface area contributed by atoms with Crippen LogP contribution in [0.15, 0.2) is 47.1 Å². The van der Waals surface area contributed by atoms with Crippen LogP contribution in [0.4, 0.5) is 17.3 Å². The zero-order valence-corrected chi connectivity index (χ0v) is 18.1. The first kappa shape index (κ1) is 20.4. The van der Waals surface area contributed by atoms with Crippen molar-refractivity contribution >= 4 is 29.1 Å². The van der Waals surface area contributed by atoms with E-state index in [2.05, 4.69) is 31.8 Å². The summed E-state index contributed by atoms with van der Waals surface area (Å²) >= 11 is 1.90. The highest BCUT2D eigenvalue weighted by Gasteiger charge is 2.32. The van der Waals surface area contributed by atoms with Crippen molar-refractivity contribution in [3.63, 3.8) is 0 Å². The second-order valence-corrected chi connectivity index (χ2v) is 9.13. The van der Waals surface area contributed by atoms with Gasteiger partial charge in [0.1, 0.15) is 5.69 Å². The fourth-order valence-electron chi connectivity index (χ4n) is 4.22. The van der Waals surface area contributed by atoms with E-state index in [0.29, 0.717) is 35.9 Å². The number of fused-ring (bicyclic) bond motifs is 3. The number of anilines is 2. The van der Waals surface area contributed by atoms with E-state index in [4.69, 9.17) is 9.72 Å². The van der Waals surface area contributed by atoms with Crippen LogP contribution in [0.1, 0.15) is 23.6 Å². The van der Waals surface area contributed by atoms with Crippen LogP contribution in [-0.2, 0) is 11.2 Å². The predicted octanol–water partition coefficient (Wildman–Crippen LogP) is 3.81. The molecule has 1 aromatic carbocycles. The SMILES string of the molecule is [O-][N+](CCN1CCOCC1)=Nc1cccc(Nc2ncc3c(n2)C2C=CSC2CC3)c1. The van der Waals surface area contributed by atoms with Gasteiger partial charge in [-0.3, -0.25) is 4.90 Å². The third kappa shape index (κ3) is 4.89. The highest BCUT2D eigenvalue weighted by atomic mass is 32.2. The summed E-state index contributed by atoms with van der Waals surface area (Å²) in [5, 5.41) is 22.5. The van der Waals surface area contributed by atoms with Crippen LogP contribution in [0, 0.1) is 5.21 Å². The minimum Gasteiger partial charge on any atom is -0.600 e. The predicted molar refractivity (Wildman–Crippen MR) is 121 cm³/mol. The summed E-state index contributed by atoms with van der Waals surface area (Å²) in [5.74, 6) is 0.951. The van der Waals surface area contributed by atoms with Crippen LogP contribution in [0.25, 0.3) is 0 Å². The third-order valence-corrected chi connectivity index (χ3v) is 7.09. The monoisotopic (exact) mass is 438 g/mol. The van der Waals surface area contributed by atoms with Gasteiger partial charge >= 0.3 is 0 Å². The lowest BCUT2D eigenvalue weighted by molar-refractivity contribution is -0.524. The van der Waals surface area contributed by atoms with E-state index in [1.807, 2.05) is 42.2 Å². The molecular formula is C22H26N6O2S. The lowest BCUT2D eigenvalue weighted by Gasteiger charge is -2.26. The second kappa shape index (κ2) is 9.33. The van der Waals surface area contributed by atoms with Crippen molar-refractivity contribution in [2.45, 2.75) is 24.0 Å². The van der Waals surface area contributed by atoms with Crippen molar-refractivity contribution in [1.82, 2.24) is 14.9 Å². The maximum atomic E-state index is 12.2. The maximum absolute atomic E-state index is 12.2. The first-order chi connectivity index (χ1) is 15.2. The van der Waals surface area contributed by atoms with E-state index < -0.39 is 0 Å². The molecule has 0 amide bonds. The number of hydrogen-bond donors (Lipinski definition) is 1. The average Bonchev–Trinajstić information content (AvgIpc) is 3.28. The summed E-state index contributed by atoms with van der Waals surface area (Å²) < 4.78 is 5.34. The Bertz CT molecular complexity index is 992. The molecule has 5 rings (SSSR count). The number of hydroxylamine groups is 1. The summed E-state index contributed by atoms with van der Waals surface area (Å²) in [4.78, 5) is 12.3. The fraction of sp³-hybridized carbons (Fsp3) is 0.455. The molecule has 162 valence electrons. The number of rotatable bonds is 6. The quantitative estimate of drug-likeness (QED) is 0.417. The smallest absolute Gasteiger partial charge is 0.227 e. The number of morpholine rings is 1. The molecular weight excluding hydrogens is 412 g/mol. The van der Waals surface area contributed by atoms with Crippen molar-refractivity contribution in [2.24, 2.45) is 5.11 Å². The zero-order chi connectivity index (χ0) is 21.0. The maximum Gasteiger partial charge on any atom is 0.227 e. The van der Waals surface area contributed by atoms with Crippen LogP contribution < -0.4 is 5.32 Å². The van der Waals surface area contributed by atoms with Gasteiger partial charge in [0, 0.05) is 41.3 Å². The topological polar surface area (TPSA) is 88.7 Å². The highest BCUT2D eigenvalue weighted by molar-refractivity contribution is 8.03. The Morgan fingerprint density at radius 3 is 3.13 bits per heavy atom. The Labute approximate surface area is 186 Å². The Morgan fingerprint density at radius 1 is 1.32 bits per heavy atom. The van der Waals surface area contributed by atoms with E-state index in [0.717, 1.165) is 49.0 Å². The molecule has 8 nitrogen and oxygen atoms in total. The van der Waals surface area contributed by atoms with E-state index in [1.165, 1.54) is 12.0 Å². The van der Waals surface area contributed by atoms with Gasteiger partial charge in [-0.1, -0.05) is 17.0 Å². The number of ether oxygens (including phenoxy) is 1. The van der Waals surface area contributed by atoms with Gasteiger partial charge in [-0.25, -0.2) is 9.97 Å². The summed E-state index contributed by atoms with van der Waals surface area (Å²) in [6.07, 6.45) is 6.40. The number of hydrogen-bond acceptors (Lipinski definition) is 8. The molecule has 1 aromatic heterocycles. The summed E-state index contributed by atoms with van der Waals surface area (Å²) in [7, 11) is 0. The number of nitrogens with one attached hydrogen (secondary N) is 1. The van der Waals surface area contributed by atoms with Gasteiger partial charge < -0.3 is 15.3 Å². The van der Waals surface area contributed by atoms with Gasteiger partial charge in [0.15, 0.2) is 6.54 Å². The molecule has 2 atom stereocenters. The summed E-state index contributed by atoms with van der Waals surface area (Å²) in [5.41, 5.74) is 3.79. The largest absolute Gasteiger partial charge is 0.600 e. The van der Waals surface area contributed by atoms with Gasteiger partial charge in [-0.2, -0.15) is 0 Å². The van der Waals surface area contributed by atoms with Crippen molar-refractivity contribution in [2.75, 3.05) is 44.7 Å². The van der Waals surface area contributed by atoms with Crippen molar-refractivity contribution < 1.29 is 9.60 Å². The molecule has 1 aliphatic carbocycles. The van der Waals surface area contributed by atoms with Crippen LogP contribution >= 0.6 is 11.8 Å². The van der Waals surface area contributed by atoms with Crippen LogP contribution in [0.3, 0.4) is 0 Å². The molecule has 0 radical (unpaired) electrons. The first-order valence-corrected chi connectivity index (χ1v) is 11.7. The van der Waals surface area contributed by atoms with Gasteiger partial charge in [0.05, 0.1) is 25.5 Å². The third-order valence-electron chi connectivity index (χ3n) is 5.89. The standard InChI is InChI=1S/C22H26N6O2S/c29-28(8-7-27-9-11-30-12-10-27)26-18-3-1-2-17(14-18)24-22-23-15-16-4-5-20-19(6-13-31-20)21(16)25-22/h1-3,6,13-15,19-20H,4-5,7-12H2,(H,23,24,25). The number of benzene rings is 1. The normalized spacial score (nSPS) is 23.4. The van der Waals surface area contributed by atoms with Gasteiger partial charge in [0.25, 0.3) is 0 Å². The minimum atomic E-state index is 0.333. The lowest BCUT2D eigenvalue weighted by atomic mass is 9.87. The van der Waals surface area contributed by atoms with E-state index in [-0.39, 0.29) is 0 Å². The van der Waals surface area contributed by atoms with E-state index in [9.17, 15) is 5.21 Å². The van der Waals surface area contributed by atoms with Gasteiger partial charge in [-0.05, 0) is 42.0 Å². The second-order valence-electron chi connectivity index (χ2n) is 7.98. The molecule has 2 aromatic rings. The zero-order valence-electron chi connectivity index (χ0n) is 17.3. The highest BCUT2D eigenvalue weighted by Crippen LogP contribution is 2.43. The number of nitrogens with zero attached hydrogens (tertiary/aromatic N) is 5. The molecule has 3 heterocycles. The van der Waals surface area contributed by atoms with Crippen LogP contribution in [0.2, 0.25) is 0 Å². The summed E-state index contributed by atoms with van der Waals surface area (Å²) in [6.45, 7) is 4.20. The molecule has 0 bridgehead atoms. The molecule has 1 saturated heterocycles. The molecule has 2 aliphatic heterocycles. The molecule has 1 N–H and O–H groups in total. The molecule has 2 unspecified atom stereocenters. The number of thioether (sulfide) groups is 1. The fourth-order valence-corrected chi connectivity index (χ4v) is 5.32. The van der Waals surface area contributed by atoms with Crippen molar-refractivity contribution in [3.05, 3.63) is 58.4 Å². The molecule has 9 heteroatoms. The molecule has 3 aliphatic rings. The number of azo groups is 1. The van der Waals surface area contributed by atoms with Crippen molar-refractivity contribution in [1.29, 1.82) is 0 Å². The number of aromatic nitrogens is 2. The Hall–Kier alpha value is -2.49. The van der Waals surface area contributed by atoms with E-state index in [1.54, 1.807) is 0 Å². The molecule has 0 saturated carbocycles. The van der Waals surface area contributed by atoms with E-state index >= 15 is 0 Å². The van der Waals surface area contributed by atoms with Gasteiger partial charge in [0.2, 0.25) is 5.95 Å². The Balaban J connectivity index is 1.25. The Morgan fingerprint density at radius 2 is 2.23 bits per heavy atom. The minimum absolute atomic E-state index is 0.333. The van der Waals surface area contributed by atoms with Crippen LogP contribution in [-0.4, -0.2) is 64.4 Å². The average molecular weight is 439 g/mol. The molecule has 1 fully saturated rings. The molecule has 0 spiro atoms. The van der Waals surface area contributed by atoms with Gasteiger partial charge in [-0.15, -0.1) is 11.8 Å². The first-order valence-electron chi connectivity index (χ1n) is 10.8. The summed E-state index contributed by atoms with van der Waals surface area (Å²) in [6, 6.07) is 7.47. The number of allylic oxidation sites excluding steroid dienone is 1. The lowest BCUT2D eigenvalue weighted by Crippen LogP contribution is -2.39. The van der Waals surface area contributed by atoms with Crippen LogP contribution in [0.5, 0.6) is 0 Å². The molecule has 31 heavy (non-hydrogen) atoms. The van der Waals surface area contributed by atoms with Crippen molar-refractivity contribution in [3.8, 4) is 0 Å². The Kier molecular flexibility index (Phi) is 6.15.